The summed E-state index contributed by atoms with van der Waals surface area (Å²) in [6.07, 6.45) is 5.21. The van der Waals surface area contributed by atoms with E-state index in [0.717, 1.165) is 41.8 Å². The number of ketones is 1. The van der Waals surface area contributed by atoms with E-state index in [1.54, 1.807) is 6.20 Å². The number of aromatic nitrogens is 2. The molecule has 0 atom stereocenters. The maximum Gasteiger partial charge on any atom is 0.163 e. The van der Waals surface area contributed by atoms with Crippen LogP contribution in [0.15, 0.2) is 30.5 Å². The Kier molecular flexibility index (Phi) is 3.54. The van der Waals surface area contributed by atoms with Crippen molar-refractivity contribution in [1.29, 1.82) is 0 Å². The molecule has 0 spiro atoms. The molecule has 1 aromatic carbocycles. The number of aryl methyl sites for hydroxylation is 2. The fraction of sp³-hybridized carbons (Fsp3) is 0.375. The van der Waals surface area contributed by atoms with Crippen LogP contribution in [0, 0.1) is 0 Å². The summed E-state index contributed by atoms with van der Waals surface area (Å²) in [5, 5.41) is 4.13. The lowest BCUT2D eigenvalue weighted by atomic mass is 9.90. The Morgan fingerprint density at radius 3 is 3.00 bits per heavy atom. The van der Waals surface area contributed by atoms with Crippen LogP contribution in [0.5, 0.6) is 5.75 Å². The average Bonchev–Trinajstić information content (AvgIpc) is 2.85. The minimum absolute atomic E-state index is 0.239. The molecule has 0 saturated heterocycles. The number of fused-ring (bicyclic) bond motifs is 1. The lowest BCUT2D eigenvalue weighted by Crippen LogP contribution is -2.11. The molecule has 3 rings (SSSR count). The van der Waals surface area contributed by atoms with Gasteiger partial charge in [-0.15, -0.1) is 0 Å². The number of hydrogen-bond donors (Lipinski definition) is 0. The van der Waals surface area contributed by atoms with E-state index in [9.17, 15) is 4.79 Å². The Balaban J connectivity index is 1.65. The van der Waals surface area contributed by atoms with Crippen molar-refractivity contribution in [1.82, 2.24) is 9.78 Å². The first kappa shape index (κ1) is 12.9. The van der Waals surface area contributed by atoms with Gasteiger partial charge in [0.05, 0.1) is 6.61 Å². The minimum Gasteiger partial charge on any atom is -0.493 e. The highest BCUT2D eigenvalue weighted by Crippen LogP contribution is 2.25. The van der Waals surface area contributed by atoms with Gasteiger partial charge in [-0.3, -0.25) is 9.48 Å². The van der Waals surface area contributed by atoms with E-state index in [2.05, 4.69) is 5.10 Å². The summed E-state index contributed by atoms with van der Waals surface area (Å²) in [6.45, 7) is 0.590. The van der Waals surface area contributed by atoms with Crippen molar-refractivity contribution in [2.24, 2.45) is 7.05 Å². The topological polar surface area (TPSA) is 44.1 Å². The maximum atomic E-state index is 11.9. The van der Waals surface area contributed by atoms with Gasteiger partial charge in [-0.1, -0.05) is 6.07 Å². The molecule has 1 heterocycles. The van der Waals surface area contributed by atoms with Crippen LogP contribution in [0.3, 0.4) is 0 Å². The molecule has 0 fully saturated rings. The van der Waals surface area contributed by atoms with E-state index in [1.165, 1.54) is 0 Å². The van der Waals surface area contributed by atoms with E-state index >= 15 is 0 Å². The number of ether oxygens (including phenoxy) is 1. The number of nitrogens with zero attached hydrogens (tertiary/aromatic N) is 2. The van der Waals surface area contributed by atoms with Crippen LogP contribution >= 0.6 is 0 Å². The van der Waals surface area contributed by atoms with Crippen LogP contribution in [-0.2, 0) is 19.9 Å². The zero-order valence-corrected chi connectivity index (χ0v) is 11.6. The van der Waals surface area contributed by atoms with Crippen molar-refractivity contribution in [3.63, 3.8) is 0 Å². The van der Waals surface area contributed by atoms with Crippen LogP contribution in [0.2, 0.25) is 0 Å². The number of carbonyl (C=O) groups is 1. The monoisotopic (exact) mass is 270 g/mol. The predicted molar refractivity (Wildman–Crippen MR) is 76.1 cm³/mol. The number of benzene rings is 1. The summed E-state index contributed by atoms with van der Waals surface area (Å²) in [4.78, 5) is 11.9. The normalized spacial score (nSPS) is 14.2. The lowest BCUT2D eigenvalue weighted by molar-refractivity contribution is 0.0972. The fourth-order valence-corrected chi connectivity index (χ4v) is 2.62. The van der Waals surface area contributed by atoms with Gasteiger partial charge in [0.1, 0.15) is 5.75 Å². The minimum atomic E-state index is 0.239. The van der Waals surface area contributed by atoms with Crippen LogP contribution in [-0.4, -0.2) is 22.2 Å². The summed E-state index contributed by atoms with van der Waals surface area (Å²) < 4.78 is 7.60. The van der Waals surface area contributed by atoms with Crippen molar-refractivity contribution >= 4 is 5.78 Å². The van der Waals surface area contributed by atoms with Crippen molar-refractivity contribution in [3.05, 3.63) is 47.3 Å². The van der Waals surface area contributed by atoms with Gasteiger partial charge in [0.2, 0.25) is 0 Å². The van der Waals surface area contributed by atoms with E-state index in [4.69, 9.17) is 4.74 Å². The van der Waals surface area contributed by atoms with Gasteiger partial charge in [-0.25, -0.2) is 0 Å². The Hall–Kier alpha value is -2.10. The molecular formula is C16H18N2O2. The molecule has 104 valence electrons. The first-order chi connectivity index (χ1) is 9.74. The SMILES string of the molecule is Cn1nccc1CCOc1ccc2c(c1)C(=O)CCC2. The van der Waals surface area contributed by atoms with Gasteiger partial charge in [-0.05, 0) is 36.6 Å². The Labute approximate surface area is 118 Å². The van der Waals surface area contributed by atoms with Crippen LogP contribution in [0.25, 0.3) is 0 Å². The van der Waals surface area contributed by atoms with Crippen LogP contribution in [0.1, 0.15) is 34.5 Å². The summed E-state index contributed by atoms with van der Waals surface area (Å²) >= 11 is 0. The quantitative estimate of drug-likeness (QED) is 0.857. The first-order valence-electron chi connectivity index (χ1n) is 7.00. The lowest BCUT2D eigenvalue weighted by Gasteiger charge is -2.16. The predicted octanol–water partition coefficient (Wildman–Crippen LogP) is 2.56. The number of hydrogen-bond acceptors (Lipinski definition) is 3. The Morgan fingerprint density at radius 1 is 1.30 bits per heavy atom. The molecule has 1 aliphatic carbocycles. The van der Waals surface area contributed by atoms with Crippen molar-refractivity contribution in [2.75, 3.05) is 6.61 Å². The molecule has 0 saturated carbocycles. The van der Waals surface area contributed by atoms with Crippen LogP contribution < -0.4 is 4.74 Å². The molecule has 2 aromatic rings. The second-order valence-corrected chi connectivity index (χ2v) is 5.14. The van der Waals surface area contributed by atoms with Gasteiger partial charge in [-0.2, -0.15) is 5.10 Å². The third-order valence-electron chi connectivity index (χ3n) is 3.78. The molecule has 0 amide bonds. The molecule has 1 aliphatic rings. The zero-order chi connectivity index (χ0) is 13.9. The summed E-state index contributed by atoms with van der Waals surface area (Å²) in [5.41, 5.74) is 3.13. The highest BCUT2D eigenvalue weighted by atomic mass is 16.5. The summed E-state index contributed by atoms with van der Waals surface area (Å²) in [7, 11) is 1.92. The van der Waals surface area contributed by atoms with E-state index in [1.807, 2.05) is 36.0 Å². The molecule has 4 nitrogen and oxygen atoms in total. The Morgan fingerprint density at radius 2 is 2.20 bits per heavy atom. The highest BCUT2D eigenvalue weighted by Gasteiger charge is 2.17. The largest absolute Gasteiger partial charge is 0.493 e. The molecule has 4 heteroatoms. The highest BCUT2D eigenvalue weighted by molar-refractivity contribution is 5.98. The molecular weight excluding hydrogens is 252 g/mol. The van der Waals surface area contributed by atoms with Gasteiger partial charge in [0.15, 0.2) is 5.78 Å². The third kappa shape index (κ3) is 2.59. The molecule has 0 bridgehead atoms. The molecule has 0 radical (unpaired) electrons. The van der Waals surface area contributed by atoms with E-state index in [0.29, 0.717) is 13.0 Å². The molecule has 0 aliphatic heterocycles. The van der Waals surface area contributed by atoms with Crippen molar-refractivity contribution in [3.8, 4) is 5.75 Å². The Bertz CT molecular complexity index is 631. The van der Waals surface area contributed by atoms with Gasteiger partial charge < -0.3 is 4.74 Å². The van der Waals surface area contributed by atoms with Gasteiger partial charge >= 0.3 is 0 Å². The van der Waals surface area contributed by atoms with Crippen molar-refractivity contribution < 1.29 is 9.53 Å². The molecule has 0 N–H and O–H groups in total. The number of carbonyl (C=O) groups excluding carboxylic acids is 1. The third-order valence-corrected chi connectivity index (χ3v) is 3.78. The maximum absolute atomic E-state index is 11.9. The average molecular weight is 270 g/mol. The zero-order valence-electron chi connectivity index (χ0n) is 11.6. The van der Waals surface area contributed by atoms with Crippen LogP contribution in [0.4, 0.5) is 0 Å². The second-order valence-electron chi connectivity index (χ2n) is 5.14. The van der Waals surface area contributed by atoms with Gasteiger partial charge in [0, 0.05) is 37.3 Å². The summed E-state index contributed by atoms with van der Waals surface area (Å²) in [5.74, 6) is 1.02. The standard InChI is InChI=1S/C16H18N2O2/c1-18-13(7-9-17-18)8-10-20-14-6-5-12-3-2-4-16(19)15(12)11-14/h5-7,9,11H,2-4,8,10H2,1H3. The smallest absolute Gasteiger partial charge is 0.163 e. The van der Waals surface area contributed by atoms with E-state index < -0.39 is 0 Å². The number of Topliss-reactive ketones (excluding diaryl/α,β-unsaturated/α-hetero) is 1. The number of rotatable bonds is 4. The fourth-order valence-electron chi connectivity index (χ4n) is 2.62. The molecule has 1 aromatic heterocycles. The first-order valence-corrected chi connectivity index (χ1v) is 7.00. The van der Waals surface area contributed by atoms with Gasteiger partial charge in [0.25, 0.3) is 0 Å². The van der Waals surface area contributed by atoms with Crippen molar-refractivity contribution in [2.45, 2.75) is 25.7 Å². The second kappa shape index (κ2) is 5.49. The summed E-state index contributed by atoms with van der Waals surface area (Å²) in [6, 6.07) is 7.85. The molecule has 20 heavy (non-hydrogen) atoms. The van der Waals surface area contributed by atoms with E-state index in [-0.39, 0.29) is 5.78 Å². The molecule has 0 unspecified atom stereocenters.